The SMILES string of the molecule is O=C(Cc1ccccc1)NCCNC(=O)c1cccc(-n2ccnc2)c1. The second-order valence-corrected chi connectivity index (χ2v) is 5.79. The smallest absolute Gasteiger partial charge is 0.251 e. The second-order valence-electron chi connectivity index (χ2n) is 5.79. The molecule has 0 unspecified atom stereocenters. The van der Waals surface area contributed by atoms with E-state index in [9.17, 15) is 9.59 Å². The number of hydrogen-bond donors (Lipinski definition) is 2. The molecule has 26 heavy (non-hydrogen) atoms. The first-order valence-electron chi connectivity index (χ1n) is 8.39. The second kappa shape index (κ2) is 8.62. The summed E-state index contributed by atoms with van der Waals surface area (Å²) >= 11 is 0. The molecule has 6 nitrogen and oxygen atoms in total. The Kier molecular flexibility index (Phi) is 5.77. The summed E-state index contributed by atoms with van der Waals surface area (Å²) in [4.78, 5) is 28.1. The maximum Gasteiger partial charge on any atom is 0.251 e. The summed E-state index contributed by atoms with van der Waals surface area (Å²) in [6, 6.07) is 16.8. The van der Waals surface area contributed by atoms with Gasteiger partial charge in [-0.15, -0.1) is 0 Å². The van der Waals surface area contributed by atoms with Gasteiger partial charge in [0.15, 0.2) is 0 Å². The predicted molar refractivity (Wildman–Crippen MR) is 99.1 cm³/mol. The first kappa shape index (κ1) is 17.4. The van der Waals surface area contributed by atoms with Crippen LogP contribution in [0, 0.1) is 0 Å². The number of benzene rings is 2. The minimum Gasteiger partial charge on any atom is -0.354 e. The Balaban J connectivity index is 1.44. The van der Waals surface area contributed by atoms with E-state index in [-0.39, 0.29) is 11.8 Å². The van der Waals surface area contributed by atoms with Crippen LogP contribution in [0.2, 0.25) is 0 Å². The normalized spacial score (nSPS) is 10.3. The summed E-state index contributed by atoms with van der Waals surface area (Å²) in [7, 11) is 0. The van der Waals surface area contributed by atoms with Crippen molar-refractivity contribution in [2.45, 2.75) is 6.42 Å². The quantitative estimate of drug-likeness (QED) is 0.641. The van der Waals surface area contributed by atoms with Gasteiger partial charge in [-0.2, -0.15) is 0 Å². The molecule has 2 aromatic carbocycles. The number of imidazole rings is 1. The Morgan fingerprint density at radius 2 is 1.77 bits per heavy atom. The molecule has 0 atom stereocenters. The van der Waals surface area contributed by atoms with Crippen LogP contribution in [-0.2, 0) is 11.2 Å². The maximum atomic E-state index is 12.3. The Morgan fingerprint density at radius 1 is 0.962 bits per heavy atom. The molecule has 132 valence electrons. The Labute approximate surface area is 151 Å². The molecule has 0 fully saturated rings. The number of nitrogens with one attached hydrogen (secondary N) is 2. The highest BCUT2D eigenvalue weighted by Crippen LogP contribution is 2.10. The third-order valence-corrected chi connectivity index (χ3v) is 3.85. The summed E-state index contributed by atoms with van der Waals surface area (Å²) in [5.74, 6) is -0.239. The number of amides is 2. The van der Waals surface area contributed by atoms with Crippen molar-refractivity contribution in [2.24, 2.45) is 0 Å². The van der Waals surface area contributed by atoms with Gasteiger partial charge in [0.2, 0.25) is 5.91 Å². The third-order valence-electron chi connectivity index (χ3n) is 3.85. The van der Waals surface area contributed by atoms with Gasteiger partial charge in [-0.3, -0.25) is 9.59 Å². The van der Waals surface area contributed by atoms with E-state index in [1.165, 1.54) is 0 Å². The highest BCUT2D eigenvalue weighted by molar-refractivity contribution is 5.94. The fourth-order valence-corrected chi connectivity index (χ4v) is 2.54. The Bertz CT molecular complexity index is 861. The van der Waals surface area contributed by atoms with E-state index in [2.05, 4.69) is 15.6 Å². The minimum absolute atomic E-state index is 0.0624. The van der Waals surface area contributed by atoms with Gasteiger partial charge in [0, 0.05) is 36.7 Å². The zero-order chi connectivity index (χ0) is 18.2. The molecule has 1 aromatic heterocycles. The molecule has 3 aromatic rings. The van der Waals surface area contributed by atoms with E-state index >= 15 is 0 Å². The Morgan fingerprint density at radius 3 is 2.54 bits per heavy atom. The van der Waals surface area contributed by atoms with Gasteiger partial charge in [0.05, 0.1) is 12.7 Å². The minimum atomic E-state index is -0.177. The average Bonchev–Trinajstić information content (AvgIpc) is 3.21. The lowest BCUT2D eigenvalue weighted by Gasteiger charge is -2.09. The molecular formula is C20H20N4O2. The fraction of sp³-hybridized carbons (Fsp3) is 0.150. The van der Waals surface area contributed by atoms with Crippen molar-refractivity contribution in [3.05, 3.63) is 84.4 Å². The molecule has 3 rings (SSSR count). The molecule has 1 heterocycles. The summed E-state index contributed by atoms with van der Waals surface area (Å²) < 4.78 is 1.83. The van der Waals surface area contributed by atoms with Gasteiger partial charge in [-0.1, -0.05) is 36.4 Å². The van der Waals surface area contributed by atoms with E-state index < -0.39 is 0 Å². The topological polar surface area (TPSA) is 76.0 Å². The molecule has 2 N–H and O–H groups in total. The van der Waals surface area contributed by atoms with Gasteiger partial charge in [-0.25, -0.2) is 4.98 Å². The standard InChI is InChI=1S/C20H20N4O2/c25-19(13-16-5-2-1-3-6-16)22-9-10-23-20(26)17-7-4-8-18(14-17)24-12-11-21-15-24/h1-8,11-12,14-15H,9-10,13H2,(H,22,25)(H,23,26). The van der Waals surface area contributed by atoms with Crippen LogP contribution in [0.3, 0.4) is 0 Å². The number of nitrogens with zero attached hydrogens (tertiary/aromatic N) is 2. The van der Waals surface area contributed by atoms with E-state index in [1.807, 2.05) is 53.2 Å². The number of carbonyl (C=O) groups is 2. The molecule has 0 saturated heterocycles. The predicted octanol–water partition coefficient (Wildman–Crippen LogP) is 1.96. The third kappa shape index (κ3) is 4.80. The summed E-state index contributed by atoms with van der Waals surface area (Å²) in [6.07, 6.45) is 5.52. The van der Waals surface area contributed by atoms with Crippen molar-refractivity contribution in [3.8, 4) is 5.69 Å². The van der Waals surface area contributed by atoms with E-state index in [0.29, 0.717) is 25.1 Å². The summed E-state index contributed by atoms with van der Waals surface area (Å²) in [6.45, 7) is 0.757. The molecule has 2 amide bonds. The molecule has 0 aliphatic carbocycles. The van der Waals surface area contributed by atoms with Crippen LogP contribution < -0.4 is 10.6 Å². The van der Waals surface area contributed by atoms with Crippen molar-refractivity contribution in [3.63, 3.8) is 0 Å². The van der Waals surface area contributed by atoms with E-state index in [1.54, 1.807) is 24.7 Å². The maximum absolute atomic E-state index is 12.3. The highest BCUT2D eigenvalue weighted by Gasteiger charge is 2.07. The van der Waals surface area contributed by atoms with Crippen molar-refractivity contribution in [2.75, 3.05) is 13.1 Å². The summed E-state index contributed by atoms with van der Waals surface area (Å²) in [5.41, 5.74) is 2.39. The molecule has 0 radical (unpaired) electrons. The molecule has 6 heteroatoms. The van der Waals surface area contributed by atoms with Crippen LogP contribution >= 0.6 is 0 Å². The van der Waals surface area contributed by atoms with Gasteiger partial charge in [0.1, 0.15) is 0 Å². The van der Waals surface area contributed by atoms with Crippen LogP contribution in [0.5, 0.6) is 0 Å². The van der Waals surface area contributed by atoms with Crippen molar-refractivity contribution < 1.29 is 9.59 Å². The average molecular weight is 348 g/mol. The molecule has 0 bridgehead atoms. The zero-order valence-electron chi connectivity index (χ0n) is 14.3. The van der Waals surface area contributed by atoms with Crippen LogP contribution in [0.4, 0.5) is 0 Å². The number of carbonyl (C=O) groups excluding carboxylic acids is 2. The largest absolute Gasteiger partial charge is 0.354 e. The van der Waals surface area contributed by atoms with E-state index in [4.69, 9.17) is 0 Å². The number of aromatic nitrogens is 2. The van der Waals surface area contributed by atoms with Crippen LogP contribution in [0.25, 0.3) is 5.69 Å². The molecule has 0 saturated carbocycles. The van der Waals surface area contributed by atoms with Crippen LogP contribution in [-0.4, -0.2) is 34.5 Å². The monoisotopic (exact) mass is 348 g/mol. The van der Waals surface area contributed by atoms with Gasteiger partial charge in [-0.05, 0) is 23.8 Å². The van der Waals surface area contributed by atoms with Crippen molar-refractivity contribution in [1.82, 2.24) is 20.2 Å². The lowest BCUT2D eigenvalue weighted by Crippen LogP contribution is -2.35. The summed E-state index contributed by atoms with van der Waals surface area (Å²) in [5, 5.41) is 5.62. The highest BCUT2D eigenvalue weighted by atomic mass is 16.2. The number of rotatable bonds is 7. The van der Waals surface area contributed by atoms with E-state index in [0.717, 1.165) is 11.3 Å². The molecule has 0 spiro atoms. The molecule has 0 aliphatic rings. The fourth-order valence-electron chi connectivity index (χ4n) is 2.54. The lowest BCUT2D eigenvalue weighted by atomic mass is 10.1. The molecule has 0 aliphatic heterocycles. The first-order chi connectivity index (χ1) is 12.7. The van der Waals surface area contributed by atoms with Gasteiger partial charge < -0.3 is 15.2 Å². The molecular weight excluding hydrogens is 328 g/mol. The van der Waals surface area contributed by atoms with Crippen molar-refractivity contribution >= 4 is 11.8 Å². The lowest BCUT2D eigenvalue weighted by molar-refractivity contribution is -0.120. The van der Waals surface area contributed by atoms with Crippen LogP contribution in [0.15, 0.2) is 73.3 Å². The zero-order valence-corrected chi connectivity index (χ0v) is 14.3. The van der Waals surface area contributed by atoms with Gasteiger partial charge >= 0.3 is 0 Å². The Hall–Kier alpha value is -3.41. The number of hydrogen-bond acceptors (Lipinski definition) is 3. The van der Waals surface area contributed by atoms with Crippen molar-refractivity contribution in [1.29, 1.82) is 0 Å². The van der Waals surface area contributed by atoms with Crippen LogP contribution in [0.1, 0.15) is 15.9 Å². The van der Waals surface area contributed by atoms with Gasteiger partial charge in [0.25, 0.3) is 5.91 Å². The first-order valence-corrected chi connectivity index (χ1v) is 8.39.